The van der Waals surface area contributed by atoms with Crippen LogP contribution in [0, 0.1) is 0 Å². The molecule has 124 valence electrons. The molecule has 0 unspecified atom stereocenters. The van der Waals surface area contributed by atoms with E-state index >= 15 is 0 Å². The summed E-state index contributed by atoms with van der Waals surface area (Å²) in [6.07, 6.45) is 0. The maximum Gasteiger partial charge on any atom is 0.335 e. The molecule has 0 amide bonds. The highest BCUT2D eigenvalue weighted by molar-refractivity contribution is 5.97. The summed E-state index contributed by atoms with van der Waals surface area (Å²) in [6.45, 7) is 3.68. The number of carboxylic acid groups (broad SMARTS) is 1. The number of ketones is 1. The lowest BCUT2D eigenvalue weighted by molar-refractivity contribution is 0.0696. The summed E-state index contributed by atoms with van der Waals surface area (Å²) in [7, 11) is 1.44. The molecule has 0 fully saturated rings. The van der Waals surface area contributed by atoms with E-state index < -0.39 is 5.97 Å². The van der Waals surface area contributed by atoms with Crippen LogP contribution >= 0.6 is 0 Å². The average Bonchev–Trinajstić information content (AvgIpc) is 2.60. The van der Waals surface area contributed by atoms with Crippen molar-refractivity contribution in [1.29, 1.82) is 0 Å². The minimum atomic E-state index is -1.08. The Morgan fingerprint density at radius 1 is 1.08 bits per heavy atom. The molecule has 24 heavy (non-hydrogen) atoms. The number of nitrogens with one attached hydrogen (secondary N) is 1. The zero-order chi connectivity index (χ0) is 17.5. The number of methoxy groups -OCH3 is 1. The molecule has 0 saturated heterocycles. The molecule has 0 aliphatic rings. The van der Waals surface area contributed by atoms with E-state index in [1.165, 1.54) is 25.3 Å². The molecule has 2 aromatic rings. The molecule has 0 aliphatic heterocycles. The van der Waals surface area contributed by atoms with Gasteiger partial charge in [0.1, 0.15) is 0 Å². The number of Topliss-reactive ketones (excluding diaryl/α,β-unsaturated/α-hetero) is 1. The van der Waals surface area contributed by atoms with Crippen LogP contribution in [0.5, 0.6) is 11.5 Å². The first kappa shape index (κ1) is 17.1. The number of benzene rings is 2. The van der Waals surface area contributed by atoms with E-state index in [1.807, 2.05) is 6.07 Å². The number of carboxylic acids is 1. The number of ether oxygens (including phenoxy) is 2. The fourth-order valence-electron chi connectivity index (χ4n) is 1.96. The molecule has 2 aromatic carbocycles. The lowest BCUT2D eigenvalue weighted by atomic mass is 10.1. The molecule has 0 atom stereocenters. The topological polar surface area (TPSA) is 84.9 Å². The lowest BCUT2D eigenvalue weighted by Crippen LogP contribution is -2.24. The van der Waals surface area contributed by atoms with E-state index in [9.17, 15) is 9.59 Å². The van der Waals surface area contributed by atoms with E-state index in [0.717, 1.165) is 0 Å². The van der Waals surface area contributed by atoms with Crippen LogP contribution in [-0.2, 0) is 0 Å². The van der Waals surface area contributed by atoms with Crippen LogP contribution in [0.25, 0.3) is 0 Å². The molecule has 0 aliphatic carbocycles. The van der Waals surface area contributed by atoms with Crippen molar-refractivity contribution in [2.45, 2.75) is 0 Å². The molecular weight excluding hydrogens is 310 g/mol. The van der Waals surface area contributed by atoms with Crippen LogP contribution in [0.2, 0.25) is 0 Å². The highest BCUT2D eigenvalue weighted by Crippen LogP contribution is 2.29. The van der Waals surface area contributed by atoms with Gasteiger partial charge < -0.3 is 19.9 Å². The SMILES string of the molecule is C=C(NCC(=O)c1ccccc1)Oc1cc(C(=O)O)ccc1OC. The third-order valence-corrected chi connectivity index (χ3v) is 3.19. The molecule has 0 saturated carbocycles. The summed E-state index contributed by atoms with van der Waals surface area (Å²) in [4.78, 5) is 23.0. The number of carbonyl (C=O) groups excluding carboxylic acids is 1. The van der Waals surface area contributed by atoms with Gasteiger partial charge in [0.25, 0.3) is 0 Å². The Morgan fingerprint density at radius 3 is 2.42 bits per heavy atom. The first-order valence-corrected chi connectivity index (χ1v) is 7.11. The minimum Gasteiger partial charge on any atom is -0.493 e. The van der Waals surface area contributed by atoms with Gasteiger partial charge in [-0.1, -0.05) is 30.3 Å². The average molecular weight is 327 g/mol. The standard InChI is InChI=1S/C18H17NO5/c1-12(19-11-15(20)13-6-4-3-5-7-13)24-17-10-14(18(21)22)8-9-16(17)23-2/h3-10,19H,1,11H2,2H3,(H,21,22). The van der Waals surface area contributed by atoms with E-state index in [4.69, 9.17) is 14.6 Å². The van der Waals surface area contributed by atoms with Crippen molar-refractivity contribution in [2.75, 3.05) is 13.7 Å². The Kier molecular flexibility index (Phi) is 5.57. The van der Waals surface area contributed by atoms with Crippen LogP contribution in [0.15, 0.2) is 61.0 Å². The van der Waals surface area contributed by atoms with Crippen LogP contribution in [0.4, 0.5) is 0 Å². The Morgan fingerprint density at radius 2 is 1.79 bits per heavy atom. The zero-order valence-electron chi connectivity index (χ0n) is 13.1. The first-order valence-electron chi connectivity index (χ1n) is 7.11. The number of aromatic carboxylic acids is 1. The van der Waals surface area contributed by atoms with E-state index in [1.54, 1.807) is 24.3 Å². The Balaban J connectivity index is 2.00. The molecule has 2 rings (SSSR count). The number of hydrogen-bond donors (Lipinski definition) is 2. The second kappa shape index (κ2) is 7.82. The Hall–Kier alpha value is -3.28. The van der Waals surface area contributed by atoms with Crippen LogP contribution in [0.1, 0.15) is 20.7 Å². The molecular formula is C18H17NO5. The molecule has 0 heterocycles. The molecule has 0 bridgehead atoms. The fourth-order valence-corrected chi connectivity index (χ4v) is 1.96. The predicted molar refractivity (Wildman–Crippen MR) is 88.5 cm³/mol. The second-order valence-corrected chi connectivity index (χ2v) is 4.84. The number of carbonyl (C=O) groups is 2. The summed E-state index contributed by atoms with van der Waals surface area (Å²) in [6, 6.07) is 13.0. The number of hydrogen-bond acceptors (Lipinski definition) is 5. The highest BCUT2D eigenvalue weighted by Gasteiger charge is 2.12. The largest absolute Gasteiger partial charge is 0.493 e. The van der Waals surface area contributed by atoms with Crippen molar-refractivity contribution in [3.8, 4) is 11.5 Å². The predicted octanol–water partition coefficient (Wildman–Crippen LogP) is 2.72. The number of rotatable bonds is 8. The molecule has 2 N–H and O–H groups in total. The molecule has 0 spiro atoms. The highest BCUT2D eigenvalue weighted by atomic mass is 16.5. The van der Waals surface area contributed by atoms with Crippen molar-refractivity contribution in [3.63, 3.8) is 0 Å². The normalized spacial score (nSPS) is 9.88. The van der Waals surface area contributed by atoms with Crippen molar-refractivity contribution in [2.24, 2.45) is 0 Å². The fraction of sp³-hybridized carbons (Fsp3) is 0.111. The summed E-state index contributed by atoms with van der Waals surface area (Å²) in [5.41, 5.74) is 0.627. The molecule has 6 nitrogen and oxygen atoms in total. The van der Waals surface area contributed by atoms with Gasteiger partial charge in [0.15, 0.2) is 23.2 Å². The van der Waals surface area contributed by atoms with Crippen molar-refractivity contribution in [3.05, 3.63) is 72.1 Å². The van der Waals surface area contributed by atoms with E-state index in [2.05, 4.69) is 11.9 Å². The molecule has 0 radical (unpaired) electrons. The Bertz CT molecular complexity index is 755. The van der Waals surface area contributed by atoms with Crippen LogP contribution < -0.4 is 14.8 Å². The third-order valence-electron chi connectivity index (χ3n) is 3.19. The van der Waals surface area contributed by atoms with Gasteiger partial charge in [-0.05, 0) is 24.8 Å². The maximum absolute atomic E-state index is 12.0. The summed E-state index contributed by atoms with van der Waals surface area (Å²) in [5.74, 6) is -0.536. The maximum atomic E-state index is 12.0. The van der Waals surface area contributed by atoms with Crippen molar-refractivity contribution >= 4 is 11.8 Å². The van der Waals surface area contributed by atoms with Gasteiger partial charge in [0, 0.05) is 5.56 Å². The monoisotopic (exact) mass is 327 g/mol. The van der Waals surface area contributed by atoms with Crippen LogP contribution in [-0.4, -0.2) is 30.5 Å². The van der Waals surface area contributed by atoms with E-state index in [-0.39, 0.29) is 29.5 Å². The third kappa shape index (κ3) is 4.36. The minimum absolute atomic E-state index is 0.00375. The zero-order valence-corrected chi connectivity index (χ0v) is 13.1. The first-order chi connectivity index (χ1) is 11.5. The van der Waals surface area contributed by atoms with Gasteiger partial charge in [-0.2, -0.15) is 0 Å². The smallest absolute Gasteiger partial charge is 0.335 e. The van der Waals surface area contributed by atoms with E-state index in [0.29, 0.717) is 11.3 Å². The van der Waals surface area contributed by atoms with Gasteiger partial charge in [-0.3, -0.25) is 4.79 Å². The Labute approximate surface area is 139 Å². The summed E-state index contributed by atoms with van der Waals surface area (Å²) in [5, 5.41) is 11.8. The van der Waals surface area contributed by atoms with Crippen molar-refractivity contribution in [1.82, 2.24) is 5.32 Å². The quantitative estimate of drug-likeness (QED) is 0.573. The summed E-state index contributed by atoms with van der Waals surface area (Å²) < 4.78 is 10.6. The van der Waals surface area contributed by atoms with Gasteiger partial charge in [-0.25, -0.2) is 4.79 Å². The molecule has 6 heteroatoms. The molecule has 0 aromatic heterocycles. The van der Waals surface area contributed by atoms with Gasteiger partial charge in [0.2, 0.25) is 0 Å². The van der Waals surface area contributed by atoms with Crippen molar-refractivity contribution < 1.29 is 24.2 Å². The summed E-state index contributed by atoms with van der Waals surface area (Å²) >= 11 is 0. The van der Waals surface area contributed by atoms with Gasteiger partial charge >= 0.3 is 5.97 Å². The second-order valence-electron chi connectivity index (χ2n) is 4.84. The van der Waals surface area contributed by atoms with Crippen LogP contribution in [0.3, 0.4) is 0 Å². The lowest BCUT2D eigenvalue weighted by Gasteiger charge is -2.14. The van der Waals surface area contributed by atoms with Gasteiger partial charge in [0.05, 0.1) is 19.2 Å². The van der Waals surface area contributed by atoms with Gasteiger partial charge in [-0.15, -0.1) is 0 Å².